The van der Waals surface area contributed by atoms with Gasteiger partial charge in [0.15, 0.2) is 0 Å². The molecule has 0 amide bonds. The monoisotopic (exact) mass is 388 g/mol. The molecule has 5 heteroatoms. The molecule has 0 spiro atoms. The molecule has 2 aromatic carbocycles. The maximum Gasteiger partial charge on any atom is 0.137 e. The van der Waals surface area contributed by atoms with Crippen LogP contribution in [0.5, 0.6) is 5.75 Å². The van der Waals surface area contributed by atoms with Gasteiger partial charge >= 0.3 is 0 Å². The molecule has 0 aliphatic rings. The van der Waals surface area contributed by atoms with Crippen LogP contribution in [0.25, 0.3) is 0 Å². The van der Waals surface area contributed by atoms with Crippen molar-refractivity contribution >= 4 is 31.9 Å². The molecular weight excluding hydrogens is 379 g/mol. The standard InChI is InChI=1S/C14H11Br2FO2/c1-19-13-5-3-9(7-11(13)16)14(18)8-2-4-12(17)10(15)6-8/h2-7,14,18H,1H3. The predicted molar refractivity (Wildman–Crippen MR) is 78.9 cm³/mol. The summed E-state index contributed by atoms with van der Waals surface area (Å²) in [6, 6.07) is 9.76. The minimum absolute atomic E-state index is 0.330. The third-order valence-electron chi connectivity index (χ3n) is 2.75. The molecule has 0 fully saturated rings. The summed E-state index contributed by atoms with van der Waals surface area (Å²) in [7, 11) is 1.58. The molecule has 1 unspecified atom stereocenters. The minimum Gasteiger partial charge on any atom is -0.496 e. The first kappa shape index (κ1) is 14.5. The zero-order valence-electron chi connectivity index (χ0n) is 10.0. The van der Waals surface area contributed by atoms with Crippen LogP contribution < -0.4 is 4.74 Å². The topological polar surface area (TPSA) is 29.5 Å². The first-order valence-electron chi connectivity index (χ1n) is 5.49. The van der Waals surface area contributed by atoms with Crippen LogP contribution in [0, 0.1) is 5.82 Å². The number of benzene rings is 2. The largest absolute Gasteiger partial charge is 0.496 e. The average molecular weight is 390 g/mol. The van der Waals surface area contributed by atoms with Crippen molar-refractivity contribution in [2.75, 3.05) is 7.11 Å². The van der Waals surface area contributed by atoms with E-state index in [1.54, 1.807) is 37.4 Å². The normalized spacial score (nSPS) is 12.3. The molecule has 0 saturated carbocycles. The Hall–Kier alpha value is -0.910. The quantitative estimate of drug-likeness (QED) is 0.840. The van der Waals surface area contributed by atoms with E-state index in [-0.39, 0.29) is 5.82 Å². The van der Waals surface area contributed by atoms with Crippen molar-refractivity contribution in [3.63, 3.8) is 0 Å². The van der Waals surface area contributed by atoms with Gasteiger partial charge < -0.3 is 9.84 Å². The lowest BCUT2D eigenvalue weighted by Crippen LogP contribution is -2.00. The summed E-state index contributed by atoms with van der Waals surface area (Å²) in [5, 5.41) is 10.3. The van der Waals surface area contributed by atoms with Crippen LogP contribution in [-0.2, 0) is 0 Å². The first-order chi connectivity index (χ1) is 9.02. The van der Waals surface area contributed by atoms with Crippen molar-refractivity contribution in [1.82, 2.24) is 0 Å². The molecule has 0 bridgehead atoms. The van der Waals surface area contributed by atoms with Gasteiger partial charge in [-0.3, -0.25) is 0 Å². The third kappa shape index (κ3) is 3.16. The number of methoxy groups -OCH3 is 1. The van der Waals surface area contributed by atoms with E-state index in [2.05, 4.69) is 31.9 Å². The Morgan fingerprint density at radius 3 is 2.16 bits per heavy atom. The van der Waals surface area contributed by atoms with Gasteiger partial charge in [0.2, 0.25) is 0 Å². The fraction of sp³-hybridized carbons (Fsp3) is 0.143. The Labute approximate surface area is 127 Å². The summed E-state index contributed by atoms with van der Waals surface area (Å²) in [5.74, 6) is 0.336. The molecule has 0 heterocycles. The van der Waals surface area contributed by atoms with Gasteiger partial charge in [0.1, 0.15) is 17.7 Å². The highest BCUT2D eigenvalue weighted by molar-refractivity contribution is 9.10. The lowest BCUT2D eigenvalue weighted by Gasteiger charge is -2.13. The van der Waals surface area contributed by atoms with E-state index in [1.165, 1.54) is 6.07 Å². The lowest BCUT2D eigenvalue weighted by atomic mass is 10.0. The van der Waals surface area contributed by atoms with Crippen molar-refractivity contribution in [2.45, 2.75) is 6.10 Å². The SMILES string of the molecule is COc1ccc(C(O)c2ccc(F)c(Br)c2)cc1Br. The molecule has 2 aromatic rings. The maximum atomic E-state index is 13.2. The number of rotatable bonds is 3. The number of aliphatic hydroxyl groups is 1. The van der Waals surface area contributed by atoms with Gasteiger partial charge in [-0.05, 0) is 67.3 Å². The molecule has 0 aliphatic heterocycles. The molecule has 2 rings (SSSR count). The van der Waals surface area contributed by atoms with E-state index in [0.29, 0.717) is 21.3 Å². The van der Waals surface area contributed by atoms with Crippen molar-refractivity contribution in [3.8, 4) is 5.75 Å². The molecule has 0 aliphatic carbocycles. The summed E-state index contributed by atoms with van der Waals surface area (Å²) >= 11 is 6.48. The van der Waals surface area contributed by atoms with E-state index >= 15 is 0 Å². The van der Waals surface area contributed by atoms with Crippen LogP contribution in [0.2, 0.25) is 0 Å². The summed E-state index contributed by atoms with van der Waals surface area (Å²) < 4.78 is 19.4. The molecule has 19 heavy (non-hydrogen) atoms. The Morgan fingerprint density at radius 2 is 1.63 bits per heavy atom. The second-order valence-electron chi connectivity index (χ2n) is 3.97. The number of hydrogen-bond acceptors (Lipinski definition) is 2. The first-order valence-corrected chi connectivity index (χ1v) is 7.08. The molecule has 2 nitrogen and oxygen atoms in total. The Balaban J connectivity index is 2.35. The van der Waals surface area contributed by atoms with Gasteiger partial charge in [0.25, 0.3) is 0 Å². The lowest BCUT2D eigenvalue weighted by molar-refractivity contribution is 0.220. The van der Waals surface area contributed by atoms with Crippen LogP contribution in [0.15, 0.2) is 45.3 Å². The van der Waals surface area contributed by atoms with E-state index in [1.807, 2.05) is 0 Å². The highest BCUT2D eigenvalue weighted by Crippen LogP contribution is 2.31. The van der Waals surface area contributed by atoms with Crippen molar-refractivity contribution in [3.05, 3.63) is 62.3 Å². The van der Waals surface area contributed by atoms with E-state index in [4.69, 9.17) is 4.74 Å². The van der Waals surface area contributed by atoms with Crippen LogP contribution in [0.4, 0.5) is 4.39 Å². The summed E-state index contributed by atoms with van der Waals surface area (Å²) in [6.45, 7) is 0. The van der Waals surface area contributed by atoms with Crippen LogP contribution in [0.1, 0.15) is 17.2 Å². The zero-order valence-corrected chi connectivity index (χ0v) is 13.2. The third-order valence-corrected chi connectivity index (χ3v) is 3.98. The summed E-state index contributed by atoms with van der Waals surface area (Å²) in [6.07, 6.45) is -0.820. The Morgan fingerprint density at radius 1 is 1.05 bits per heavy atom. The fourth-order valence-electron chi connectivity index (χ4n) is 1.73. The highest BCUT2D eigenvalue weighted by Gasteiger charge is 2.14. The molecule has 1 atom stereocenters. The molecule has 100 valence electrons. The van der Waals surface area contributed by atoms with Gasteiger partial charge in [0, 0.05) is 0 Å². The van der Waals surface area contributed by atoms with Crippen LogP contribution in [-0.4, -0.2) is 12.2 Å². The number of halogens is 3. The summed E-state index contributed by atoms with van der Waals surface area (Å²) in [5.41, 5.74) is 1.32. The second kappa shape index (κ2) is 6.03. The average Bonchev–Trinajstić information content (AvgIpc) is 2.41. The van der Waals surface area contributed by atoms with Crippen LogP contribution in [0.3, 0.4) is 0 Å². The summed E-state index contributed by atoms with van der Waals surface area (Å²) in [4.78, 5) is 0. The van der Waals surface area contributed by atoms with Gasteiger partial charge in [-0.1, -0.05) is 12.1 Å². The molecule has 1 N–H and O–H groups in total. The number of ether oxygens (including phenoxy) is 1. The van der Waals surface area contributed by atoms with E-state index in [9.17, 15) is 9.50 Å². The minimum atomic E-state index is -0.820. The van der Waals surface area contributed by atoms with E-state index in [0.717, 1.165) is 4.47 Å². The fourth-order valence-corrected chi connectivity index (χ4v) is 2.68. The zero-order chi connectivity index (χ0) is 14.0. The second-order valence-corrected chi connectivity index (χ2v) is 5.68. The van der Waals surface area contributed by atoms with Crippen molar-refractivity contribution in [1.29, 1.82) is 0 Å². The Kier molecular flexibility index (Phi) is 4.60. The number of hydrogen-bond donors (Lipinski definition) is 1. The van der Waals surface area contributed by atoms with Gasteiger partial charge in [0.05, 0.1) is 16.1 Å². The van der Waals surface area contributed by atoms with Crippen LogP contribution >= 0.6 is 31.9 Å². The van der Waals surface area contributed by atoms with E-state index < -0.39 is 6.10 Å². The maximum absolute atomic E-state index is 13.2. The van der Waals surface area contributed by atoms with Gasteiger partial charge in [-0.25, -0.2) is 4.39 Å². The number of aliphatic hydroxyl groups excluding tert-OH is 1. The smallest absolute Gasteiger partial charge is 0.137 e. The predicted octanol–water partition coefficient (Wildman–Crippen LogP) is 4.44. The van der Waals surface area contributed by atoms with Crippen molar-refractivity contribution in [2.24, 2.45) is 0 Å². The van der Waals surface area contributed by atoms with Crippen molar-refractivity contribution < 1.29 is 14.2 Å². The molecule has 0 aromatic heterocycles. The highest BCUT2D eigenvalue weighted by atomic mass is 79.9. The van der Waals surface area contributed by atoms with Gasteiger partial charge in [-0.2, -0.15) is 0 Å². The molecule has 0 saturated heterocycles. The molecular formula is C14H11Br2FO2. The van der Waals surface area contributed by atoms with Gasteiger partial charge in [-0.15, -0.1) is 0 Å². The Bertz CT molecular complexity index is 602. The molecule has 0 radical (unpaired) electrons.